The van der Waals surface area contributed by atoms with Crippen molar-refractivity contribution in [2.24, 2.45) is 0 Å². The number of halogens is 2. The van der Waals surface area contributed by atoms with Crippen LogP contribution < -0.4 is 0 Å². The fraction of sp³-hybridized carbons (Fsp3) is 0.714. The topological polar surface area (TPSA) is 32.3 Å². The van der Waals surface area contributed by atoms with Crippen LogP contribution in [0.25, 0.3) is 0 Å². The van der Waals surface area contributed by atoms with E-state index in [1.54, 1.807) is 0 Å². The molecule has 112 valence electrons. The fourth-order valence-electron chi connectivity index (χ4n) is 2.49. The van der Waals surface area contributed by atoms with E-state index in [4.69, 9.17) is 16.6 Å². The SMILES string of the molecule is CC(C)c1nc(CC2CN(C)CCN2C)nc(Cl)c1Br. The summed E-state index contributed by atoms with van der Waals surface area (Å²) in [4.78, 5) is 13.9. The summed E-state index contributed by atoms with van der Waals surface area (Å²) < 4.78 is 0.826. The third kappa shape index (κ3) is 3.70. The molecule has 1 aliphatic rings. The third-order valence-corrected chi connectivity index (χ3v) is 5.11. The van der Waals surface area contributed by atoms with E-state index in [1.807, 2.05) is 0 Å². The van der Waals surface area contributed by atoms with E-state index < -0.39 is 0 Å². The van der Waals surface area contributed by atoms with Crippen molar-refractivity contribution in [2.45, 2.75) is 32.2 Å². The summed E-state index contributed by atoms with van der Waals surface area (Å²) in [5.74, 6) is 1.17. The molecule has 0 aliphatic carbocycles. The molecule has 0 bridgehead atoms. The van der Waals surface area contributed by atoms with E-state index in [1.165, 1.54) is 0 Å². The van der Waals surface area contributed by atoms with Crippen LogP contribution in [-0.4, -0.2) is 59.5 Å². The predicted octanol–water partition coefficient (Wildman–Crippen LogP) is 2.80. The van der Waals surface area contributed by atoms with Crippen molar-refractivity contribution < 1.29 is 0 Å². The van der Waals surface area contributed by atoms with Crippen molar-refractivity contribution in [1.29, 1.82) is 0 Å². The number of nitrogens with zero attached hydrogens (tertiary/aromatic N) is 4. The number of hydrogen-bond donors (Lipinski definition) is 0. The van der Waals surface area contributed by atoms with Gasteiger partial charge < -0.3 is 9.80 Å². The Kier molecular flexibility index (Phi) is 5.40. The van der Waals surface area contributed by atoms with Gasteiger partial charge in [-0.05, 0) is 35.9 Å². The molecule has 1 aromatic heterocycles. The molecule has 20 heavy (non-hydrogen) atoms. The van der Waals surface area contributed by atoms with Crippen LogP contribution in [0.3, 0.4) is 0 Å². The molecular weight excluding hydrogens is 340 g/mol. The Labute approximate surface area is 134 Å². The van der Waals surface area contributed by atoms with Crippen LogP contribution in [0.5, 0.6) is 0 Å². The summed E-state index contributed by atoms with van der Waals surface area (Å²) in [6.45, 7) is 7.49. The molecule has 4 nitrogen and oxygen atoms in total. The molecule has 6 heteroatoms. The first-order valence-electron chi connectivity index (χ1n) is 6.99. The highest BCUT2D eigenvalue weighted by molar-refractivity contribution is 9.10. The lowest BCUT2D eigenvalue weighted by Gasteiger charge is -2.37. The standard InChI is InChI=1S/C14H22BrClN4/c1-9(2)13-12(15)14(16)18-11(17-13)7-10-8-19(3)5-6-20(10)4/h9-10H,5-8H2,1-4H3. The highest BCUT2D eigenvalue weighted by Gasteiger charge is 2.24. The Balaban J connectivity index is 2.20. The number of rotatable bonds is 3. The molecule has 0 spiro atoms. The third-order valence-electron chi connectivity index (χ3n) is 3.83. The van der Waals surface area contributed by atoms with Gasteiger partial charge in [-0.3, -0.25) is 0 Å². The Morgan fingerprint density at radius 1 is 1.30 bits per heavy atom. The first-order valence-corrected chi connectivity index (χ1v) is 8.16. The van der Waals surface area contributed by atoms with Gasteiger partial charge in [0.15, 0.2) is 0 Å². The minimum atomic E-state index is 0.329. The summed E-state index contributed by atoms with van der Waals surface area (Å²) >= 11 is 9.71. The van der Waals surface area contributed by atoms with Crippen LogP contribution in [0, 0.1) is 0 Å². The zero-order chi connectivity index (χ0) is 14.9. The van der Waals surface area contributed by atoms with Gasteiger partial charge in [0.2, 0.25) is 0 Å². The lowest BCUT2D eigenvalue weighted by molar-refractivity contribution is 0.113. The van der Waals surface area contributed by atoms with Crippen molar-refractivity contribution in [3.63, 3.8) is 0 Å². The lowest BCUT2D eigenvalue weighted by Crippen LogP contribution is -2.51. The maximum absolute atomic E-state index is 6.22. The summed E-state index contributed by atoms with van der Waals surface area (Å²) in [5, 5.41) is 0.519. The van der Waals surface area contributed by atoms with Gasteiger partial charge >= 0.3 is 0 Å². The summed E-state index contributed by atoms with van der Waals surface area (Å²) in [7, 11) is 4.33. The van der Waals surface area contributed by atoms with Crippen LogP contribution in [0.4, 0.5) is 0 Å². The highest BCUT2D eigenvalue weighted by Crippen LogP contribution is 2.29. The average molecular weight is 362 g/mol. The Bertz CT molecular complexity index is 480. The van der Waals surface area contributed by atoms with Crippen LogP contribution in [0.1, 0.15) is 31.3 Å². The van der Waals surface area contributed by atoms with Crippen molar-refractivity contribution >= 4 is 27.5 Å². The smallest absolute Gasteiger partial charge is 0.147 e. The van der Waals surface area contributed by atoms with Gasteiger partial charge in [-0.15, -0.1) is 0 Å². The van der Waals surface area contributed by atoms with E-state index in [0.29, 0.717) is 17.1 Å². The van der Waals surface area contributed by atoms with Gasteiger partial charge in [-0.2, -0.15) is 0 Å². The Hall–Kier alpha value is -0.230. The monoisotopic (exact) mass is 360 g/mol. The van der Waals surface area contributed by atoms with Gasteiger partial charge in [0.25, 0.3) is 0 Å². The molecule has 1 fully saturated rings. The van der Waals surface area contributed by atoms with Crippen molar-refractivity contribution in [2.75, 3.05) is 33.7 Å². The molecule has 0 N–H and O–H groups in total. The van der Waals surface area contributed by atoms with E-state index in [9.17, 15) is 0 Å². The van der Waals surface area contributed by atoms with Crippen LogP contribution >= 0.6 is 27.5 Å². The van der Waals surface area contributed by atoms with Gasteiger partial charge in [-0.25, -0.2) is 9.97 Å². The zero-order valence-corrected chi connectivity index (χ0v) is 14.9. The molecule has 1 saturated heterocycles. The van der Waals surface area contributed by atoms with Crippen LogP contribution in [0.15, 0.2) is 4.47 Å². The van der Waals surface area contributed by atoms with Crippen molar-refractivity contribution in [1.82, 2.24) is 19.8 Å². The second-order valence-corrected chi connectivity index (χ2v) is 7.04. The molecule has 2 rings (SSSR count). The summed E-state index contributed by atoms with van der Waals surface area (Å²) in [6.07, 6.45) is 0.841. The second-order valence-electron chi connectivity index (χ2n) is 5.89. The lowest BCUT2D eigenvalue weighted by atomic mass is 10.1. The van der Waals surface area contributed by atoms with E-state index in [0.717, 1.165) is 42.0 Å². The maximum atomic E-state index is 6.22. The maximum Gasteiger partial charge on any atom is 0.147 e. The quantitative estimate of drug-likeness (QED) is 0.775. The summed E-state index contributed by atoms with van der Waals surface area (Å²) in [6, 6.07) is 0.450. The van der Waals surface area contributed by atoms with E-state index in [-0.39, 0.29) is 0 Å². The highest BCUT2D eigenvalue weighted by atomic mass is 79.9. The molecule has 0 radical (unpaired) electrons. The summed E-state index contributed by atoms with van der Waals surface area (Å²) in [5.41, 5.74) is 0.992. The van der Waals surface area contributed by atoms with Gasteiger partial charge in [-0.1, -0.05) is 25.4 Å². The van der Waals surface area contributed by atoms with Crippen molar-refractivity contribution in [3.05, 3.63) is 21.1 Å². The normalized spacial score (nSPS) is 21.6. The number of hydrogen-bond acceptors (Lipinski definition) is 4. The zero-order valence-electron chi connectivity index (χ0n) is 12.5. The minimum Gasteiger partial charge on any atom is -0.304 e. The van der Waals surface area contributed by atoms with Gasteiger partial charge in [0, 0.05) is 32.1 Å². The Morgan fingerprint density at radius 2 is 2.00 bits per heavy atom. The second kappa shape index (κ2) is 6.69. The molecule has 1 aromatic rings. The molecule has 0 saturated carbocycles. The van der Waals surface area contributed by atoms with Crippen LogP contribution in [-0.2, 0) is 6.42 Å². The first-order chi connectivity index (χ1) is 9.38. The first kappa shape index (κ1) is 16.1. The molecular formula is C14H22BrClN4. The van der Waals surface area contributed by atoms with Gasteiger partial charge in [0.05, 0.1) is 10.2 Å². The number of piperazine rings is 1. The largest absolute Gasteiger partial charge is 0.304 e. The molecule has 2 heterocycles. The molecule has 0 aromatic carbocycles. The molecule has 1 aliphatic heterocycles. The molecule has 0 amide bonds. The van der Waals surface area contributed by atoms with Gasteiger partial charge in [0.1, 0.15) is 11.0 Å². The minimum absolute atomic E-state index is 0.329. The van der Waals surface area contributed by atoms with E-state index >= 15 is 0 Å². The number of likely N-dealkylation sites (N-methyl/N-ethyl adjacent to an activating group) is 2. The van der Waals surface area contributed by atoms with Crippen molar-refractivity contribution in [3.8, 4) is 0 Å². The molecule has 1 unspecified atom stereocenters. The Morgan fingerprint density at radius 3 is 2.65 bits per heavy atom. The number of aromatic nitrogens is 2. The van der Waals surface area contributed by atoms with E-state index in [2.05, 4.69) is 58.7 Å². The van der Waals surface area contributed by atoms with Crippen LogP contribution in [0.2, 0.25) is 5.15 Å². The average Bonchev–Trinajstić information content (AvgIpc) is 2.37. The fourth-order valence-corrected chi connectivity index (χ4v) is 3.32. The molecule has 1 atom stereocenters. The predicted molar refractivity (Wildman–Crippen MR) is 86.5 cm³/mol.